The zero-order valence-corrected chi connectivity index (χ0v) is 45.5. The first-order valence-electron chi connectivity index (χ1n) is 28.9. The van der Waals surface area contributed by atoms with Gasteiger partial charge in [-0.2, -0.15) is 0 Å². The molecule has 0 saturated carbocycles. The van der Waals surface area contributed by atoms with Crippen molar-refractivity contribution in [1.29, 1.82) is 0 Å². The highest BCUT2D eigenvalue weighted by atomic mass is 16.6. The van der Waals surface area contributed by atoms with Crippen LogP contribution in [0.4, 0.5) is 0 Å². The first-order chi connectivity index (χ1) is 34.5. The van der Waals surface area contributed by atoms with Gasteiger partial charge in [0.2, 0.25) is 0 Å². The third-order valence-corrected chi connectivity index (χ3v) is 12.0. The summed E-state index contributed by atoms with van der Waals surface area (Å²) in [4.78, 5) is 38.1. The second-order valence-electron chi connectivity index (χ2n) is 18.8. The average Bonchev–Trinajstić information content (AvgIpc) is 3.36. The Labute approximate surface area is 431 Å². The summed E-state index contributed by atoms with van der Waals surface area (Å²) in [5, 5.41) is 0. The van der Waals surface area contributed by atoms with Gasteiger partial charge in [-0.3, -0.25) is 14.4 Å². The van der Waals surface area contributed by atoms with Crippen molar-refractivity contribution in [1.82, 2.24) is 0 Å². The maximum atomic E-state index is 12.8. The van der Waals surface area contributed by atoms with Crippen LogP contribution in [0.25, 0.3) is 0 Å². The van der Waals surface area contributed by atoms with E-state index >= 15 is 0 Å². The first kappa shape index (κ1) is 66.1. The molecular weight excluding hydrogens is 865 g/mol. The fourth-order valence-electron chi connectivity index (χ4n) is 7.66. The fraction of sp³-hybridized carbons (Fsp3) is 0.672. The summed E-state index contributed by atoms with van der Waals surface area (Å²) in [6, 6.07) is 0. The summed E-state index contributed by atoms with van der Waals surface area (Å²) in [6.45, 7) is 6.45. The topological polar surface area (TPSA) is 78.9 Å². The van der Waals surface area contributed by atoms with Gasteiger partial charge >= 0.3 is 17.9 Å². The Morgan fingerprint density at radius 1 is 0.300 bits per heavy atom. The molecule has 0 saturated heterocycles. The molecule has 0 aromatic carbocycles. The van der Waals surface area contributed by atoms with Crippen molar-refractivity contribution in [2.45, 2.75) is 264 Å². The second kappa shape index (κ2) is 57.6. The van der Waals surface area contributed by atoms with E-state index in [9.17, 15) is 14.4 Å². The molecule has 1 unspecified atom stereocenters. The van der Waals surface area contributed by atoms with Crippen molar-refractivity contribution in [3.8, 4) is 0 Å². The van der Waals surface area contributed by atoms with Crippen molar-refractivity contribution in [2.75, 3.05) is 13.2 Å². The number of allylic oxidation sites excluding steroid dienone is 18. The quantitative estimate of drug-likeness (QED) is 0.0262. The minimum atomic E-state index is -0.811. The van der Waals surface area contributed by atoms with Crippen molar-refractivity contribution < 1.29 is 28.6 Å². The molecule has 0 heterocycles. The zero-order valence-electron chi connectivity index (χ0n) is 45.5. The molecule has 0 aromatic rings. The molecule has 0 aromatic heterocycles. The SMILES string of the molecule is CC/C=C\C/C=C\C/C=C\C/C=C\C/C=C\C/C=C\C/C=C\CCCC(=O)OCC(COC(=O)CCCCCCC/C=C\CCCCCCC)OC(=O)CCCCCCC/C=C\CCCCCCCC. The van der Waals surface area contributed by atoms with Crippen molar-refractivity contribution in [3.63, 3.8) is 0 Å². The first-order valence-corrected chi connectivity index (χ1v) is 28.9. The van der Waals surface area contributed by atoms with E-state index in [1.165, 1.54) is 96.3 Å². The number of unbranched alkanes of at least 4 members (excludes halogenated alkanes) is 22. The van der Waals surface area contributed by atoms with Gasteiger partial charge in [-0.25, -0.2) is 0 Å². The molecule has 398 valence electrons. The Hall–Kier alpha value is -3.93. The highest BCUT2D eigenvalue weighted by molar-refractivity contribution is 5.71. The van der Waals surface area contributed by atoms with E-state index in [0.29, 0.717) is 19.3 Å². The van der Waals surface area contributed by atoms with Gasteiger partial charge in [0, 0.05) is 19.3 Å². The van der Waals surface area contributed by atoms with Gasteiger partial charge in [0.1, 0.15) is 13.2 Å². The van der Waals surface area contributed by atoms with Crippen LogP contribution in [0.1, 0.15) is 258 Å². The fourth-order valence-corrected chi connectivity index (χ4v) is 7.66. The highest BCUT2D eigenvalue weighted by Gasteiger charge is 2.19. The van der Waals surface area contributed by atoms with Crippen molar-refractivity contribution >= 4 is 17.9 Å². The number of carbonyl (C=O) groups excluding carboxylic acids is 3. The number of hydrogen-bond donors (Lipinski definition) is 0. The largest absolute Gasteiger partial charge is 0.462 e. The molecule has 0 rings (SSSR count). The van der Waals surface area contributed by atoms with Crippen LogP contribution in [0.3, 0.4) is 0 Å². The molecule has 6 heteroatoms. The van der Waals surface area contributed by atoms with Crippen LogP contribution < -0.4 is 0 Å². The van der Waals surface area contributed by atoms with Crippen LogP contribution in [-0.4, -0.2) is 37.2 Å². The summed E-state index contributed by atoms with van der Waals surface area (Å²) in [6.07, 6.45) is 78.0. The van der Waals surface area contributed by atoms with Gasteiger partial charge in [-0.15, -0.1) is 0 Å². The lowest BCUT2D eigenvalue weighted by Crippen LogP contribution is -2.30. The van der Waals surface area contributed by atoms with Crippen LogP contribution in [0.2, 0.25) is 0 Å². The number of esters is 3. The van der Waals surface area contributed by atoms with E-state index in [1.54, 1.807) is 0 Å². The molecule has 0 N–H and O–H groups in total. The Bertz CT molecular complexity index is 1440. The maximum Gasteiger partial charge on any atom is 0.306 e. The molecule has 6 nitrogen and oxygen atoms in total. The minimum Gasteiger partial charge on any atom is -0.462 e. The van der Waals surface area contributed by atoms with Crippen LogP contribution in [0.5, 0.6) is 0 Å². The van der Waals surface area contributed by atoms with E-state index < -0.39 is 6.10 Å². The Kier molecular flexibility index (Phi) is 54.4. The van der Waals surface area contributed by atoms with Crippen molar-refractivity contribution in [2.24, 2.45) is 0 Å². The molecule has 0 aliphatic rings. The number of rotatable bonds is 51. The number of carbonyl (C=O) groups is 3. The molecule has 0 fully saturated rings. The van der Waals surface area contributed by atoms with Gasteiger partial charge in [-0.1, -0.05) is 226 Å². The third-order valence-electron chi connectivity index (χ3n) is 12.0. The lowest BCUT2D eigenvalue weighted by atomic mass is 10.1. The Morgan fingerprint density at radius 2 is 0.571 bits per heavy atom. The lowest BCUT2D eigenvalue weighted by Gasteiger charge is -2.18. The smallest absolute Gasteiger partial charge is 0.306 e. The van der Waals surface area contributed by atoms with E-state index in [0.717, 1.165) is 116 Å². The Balaban J connectivity index is 4.49. The molecule has 0 aliphatic carbocycles. The molecular formula is C64H106O6. The molecule has 0 amide bonds. The predicted molar refractivity (Wildman–Crippen MR) is 302 cm³/mol. The van der Waals surface area contributed by atoms with Crippen LogP contribution in [-0.2, 0) is 28.6 Å². The van der Waals surface area contributed by atoms with E-state index in [2.05, 4.69) is 130 Å². The summed E-state index contributed by atoms with van der Waals surface area (Å²) in [7, 11) is 0. The van der Waals surface area contributed by atoms with E-state index in [1.807, 2.05) is 0 Å². The van der Waals surface area contributed by atoms with Gasteiger partial charge in [0.25, 0.3) is 0 Å². The van der Waals surface area contributed by atoms with Crippen molar-refractivity contribution in [3.05, 3.63) is 109 Å². The van der Waals surface area contributed by atoms with Gasteiger partial charge in [-0.05, 0) is 122 Å². The second-order valence-corrected chi connectivity index (χ2v) is 18.8. The van der Waals surface area contributed by atoms with E-state index in [4.69, 9.17) is 14.2 Å². The molecule has 0 spiro atoms. The number of ether oxygens (including phenoxy) is 3. The molecule has 0 aliphatic heterocycles. The Morgan fingerprint density at radius 3 is 0.943 bits per heavy atom. The maximum absolute atomic E-state index is 12.8. The monoisotopic (exact) mass is 971 g/mol. The van der Waals surface area contributed by atoms with E-state index in [-0.39, 0.29) is 37.5 Å². The summed E-state index contributed by atoms with van der Waals surface area (Å²) in [5.41, 5.74) is 0. The molecule has 1 atom stereocenters. The third kappa shape index (κ3) is 55.0. The van der Waals surface area contributed by atoms with Crippen LogP contribution in [0.15, 0.2) is 109 Å². The standard InChI is InChI=1S/C64H106O6/c1-4-7-10-13-16-19-22-25-28-29-30-31-32-33-34-35-37-39-42-45-48-51-54-57-63(66)69-60-61(59-68-62(65)56-53-50-47-44-41-38-27-24-21-18-15-12-9-6-3)70-64(67)58-55-52-49-46-43-40-36-26-23-20-17-14-11-8-5-2/h7,10,16,19,24-28,30-31,33-34,36-37,39,45,48,61H,4-6,8-9,11-15,17-18,20-23,29,32,35,38,40-44,46-47,49-60H2,1-3H3/b10-7-,19-16-,27-24-,28-25-,31-30-,34-33-,36-26-,39-37-,48-45-. The normalized spacial score (nSPS) is 12.9. The molecule has 70 heavy (non-hydrogen) atoms. The zero-order chi connectivity index (χ0) is 50.7. The van der Waals surface area contributed by atoms with Gasteiger partial charge in [0.15, 0.2) is 6.10 Å². The summed E-state index contributed by atoms with van der Waals surface area (Å²) < 4.78 is 16.8. The highest BCUT2D eigenvalue weighted by Crippen LogP contribution is 2.14. The molecule has 0 bridgehead atoms. The van der Waals surface area contributed by atoms with Crippen LogP contribution in [0, 0.1) is 0 Å². The van der Waals surface area contributed by atoms with Crippen LogP contribution >= 0.6 is 0 Å². The molecule has 0 radical (unpaired) electrons. The average molecular weight is 972 g/mol. The lowest BCUT2D eigenvalue weighted by molar-refractivity contribution is -0.167. The van der Waals surface area contributed by atoms with Gasteiger partial charge in [0.05, 0.1) is 0 Å². The summed E-state index contributed by atoms with van der Waals surface area (Å²) >= 11 is 0. The summed E-state index contributed by atoms with van der Waals surface area (Å²) in [5.74, 6) is -0.983. The predicted octanol–water partition coefficient (Wildman–Crippen LogP) is 19.5. The number of hydrogen-bond acceptors (Lipinski definition) is 6. The van der Waals surface area contributed by atoms with Gasteiger partial charge < -0.3 is 14.2 Å². The minimum absolute atomic E-state index is 0.105.